The molecule has 3 aliphatic rings. The van der Waals surface area contributed by atoms with Crippen LogP contribution in [-0.2, 0) is 19.1 Å². The minimum atomic E-state index is -0.298. The maximum absolute atomic E-state index is 13.0. The fourth-order valence-electron chi connectivity index (χ4n) is 4.21. The van der Waals surface area contributed by atoms with Gasteiger partial charge in [-0.25, -0.2) is 0 Å². The summed E-state index contributed by atoms with van der Waals surface area (Å²) < 4.78 is 10.7. The van der Waals surface area contributed by atoms with Gasteiger partial charge in [-0.1, -0.05) is 38.5 Å². The predicted octanol–water partition coefficient (Wildman–Crippen LogP) is 2.70. The van der Waals surface area contributed by atoms with Crippen molar-refractivity contribution in [1.29, 1.82) is 0 Å². The third-order valence-electron chi connectivity index (χ3n) is 5.64. The molecule has 144 valence electrons. The third-order valence-corrected chi connectivity index (χ3v) is 5.64. The Hall–Kier alpha value is -1.98. The largest absolute Gasteiger partial charge is 0.491 e. The SMILES string of the molecule is COC1=C(NC2CCCCC2)C(=O)C(OC)=C(NC2CCCCC2)C1=O. The van der Waals surface area contributed by atoms with Crippen LogP contribution in [0.5, 0.6) is 0 Å². The molecule has 0 radical (unpaired) electrons. The van der Waals surface area contributed by atoms with Gasteiger partial charge in [0.1, 0.15) is 11.4 Å². The third kappa shape index (κ3) is 3.89. The predicted molar refractivity (Wildman–Crippen MR) is 98.1 cm³/mol. The quantitative estimate of drug-likeness (QED) is 0.708. The van der Waals surface area contributed by atoms with Gasteiger partial charge in [0.2, 0.25) is 11.6 Å². The Morgan fingerprint density at radius 1 is 0.654 bits per heavy atom. The van der Waals surface area contributed by atoms with Gasteiger partial charge in [-0.05, 0) is 25.7 Å². The Bertz CT molecular complexity index is 557. The molecule has 0 spiro atoms. The van der Waals surface area contributed by atoms with Gasteiger partial charge in [0.15, 0.2) is 11.5 Å². The van der Waals surface area contributed by atoms with Crippen molar-refractivity contribution in [3.63, 3.8) is 0 Å². The van der Waals surface area contributed by atoms with Crippen molar-refractivity contribution in [2.75, 3.05) is 14.2 Å². The summed E-state index contributed by atoms with van der Waals surface area (Å²) in [5, 5.41) is 6.54. The standard InChI is InChI=1S/C20H30N2O4/c1-25-19-15(21-13-9-5-3-6-10-13)18(24)20(26-2)16(17(19)23)22-14-11-7-4-8-12-14/h13-14,21-22H,3-12H2,1-2H3. The molecule has 6 heteroatoms. The van der Waals surface area contributed by atoms with Crippen molar-refractivity contribution < 1.29 is 19.1 Å². The van der Waals surface area contributed by atoms with E-state index in [1.165, 1.54) is 27.1 Å². The van der Waals surface area contributed by atoms with Gasteiger partial charge in [-0.2, -0.15) is 0 Å². The fraction of sp³-hybridized carbons (Fsp3) is 0.700. The zero-order valence-corrected chi connectivity index (χ0v) is 15.9. The van der Waals surface area contributed by atoms with Gasteiger partial charge in [0, 0.05) is 12.1 Å². The highest BCUT2D eigenvalue weighted by Gasteiger charge is 2.38. The van der Waals surface area contributed by atoms with Crippen LogP contribution in [0.3, 0.4) is 0 Å². The van der Waals surface area contributed by atoms with E-state index in [1.807, 2.05) is 0 Å². The molecule has 0 aliphatic heterocycles. The molecule has 0 aromatic heterocycles. The van der Waals surface area contributed by atoms with Crippen molar-refractivity contribution in [2.45, 2.75) is 76.3 Å². The molecule has 3 aliphatic carbocycles. The second-order valence-electron chi connectivity index (χ2n) is 7.43. The Morgan fingerprint density at radius 2 is 1.00 bits per heavy atom. The number of carbonyl (C=O) groups excluding carboxylic acids is 2. The van der Waals surface area contributed by atoms with Crippen LogP contribution < -0.4 is 10.6 Å². The summed E-state index contributed by atoms with van der Waals surface area (Å²) in [5.74, 6) is -0.403. The summed E-state index contributed by atoms with van der Waals surface area (Å²) in [7, 11) is 2.89. The van der Waals surface area contributed by atoms with E-state index in [2.05, 4.69) is 10.6 Å². The van der Waals surface area contributed by atoms with Crippen LogP contribution in [0.2, 0.25) is 0 Å². The highest BCUT2D eigenvalue weighted by atomic mass is 16.5. The Labute approximate surface area is 155 Å². The summed E-state index contributed by atoms with van der Waals surface area (Å²) in [5.41, 5.74) is 0.492. The van der Waals surface area contributed by atoms with Gasteiger partial charge in [-0.15, -0.1) is 0 Å². The van der Waals surface area contributed by atoms with Gasteiger partial charge >= 0.3 is 0 Å². The number of Topliss-reactive ketones (excluding diaryl/α,β-unsaturated/α-hetero) is 2. The van der Waals surface area contributed by atoms with E-state index < -0.39 is 0 Å². The van der Waals surface area contributed by atoms with E-state index >= 15 is 0 Å². The van der Waals surface area contributed by atoms with Crippen LogP contribution in [0, 0.1) is 0 Å². The molecule has 0 atom stereocenters. The second kappa shape index (κ2) is 8.60. The van der Waals surface area contributed by atoms with E-state index in [0.29, 0.717) is 0 Å². The number of ether oxygens (including phenoxy) is 2. The number of rotatable bonds is 6. The van der Waals surface area contributed by atoms with Crippen LogP contribution in [0.25, 0.3) is 0 Å². The summed E-state index contributed by atoms with van der Waals surface area (Å²) in [4.78, 5) is 26.0. The maximum Gasteiger partial charge on any atom is 0.249 e. The first kappa shape index (κ1) is 18.8. The van der Waals surface area contributed by atoms with Crippen molar-refractivity contribution in [3.05, 3.63) is 22.9 Å². The van der Waals surface area contributed by atoms with Crippen LogP contribution in [0.15, 0.2) is 22.9 Å². The number of hydrogen-bond acceptors (Lipinski definition) is 6. The van der Waals surface area contributed by atoms with E-state index in [1.54, 1.807) is 0 Å². The number of hydrogen-bond donors (Lipinski definition) is 2. The zero-order valence-electron chi connectivity index (χ0n) is 15.9. The molecule has 0 amide bonds. The zero-order chi connectivity index (χ0) is 18.5. The van der Waals surface area contributed by atoms with Crippen LogP contribution in [0.4, 0.5) is 0 Å². The number of carbonyl (C=O) groups is 2. The van der Waals surface area contributed by atoms with E-state index in [9.17, 15) is 9.59 Å². The lowest BCUT2D eigenvalue weighted by Gasteiger charge is -2.30. The number of methoxy groups -OCH3 is 2. The Kier molecular flexibility index (Phi) is 6.22. The smallest absolute Gasteiger partial charge is 0.249 e. The molecule has 0 unspecified atom stereocenters. The van der Waals surface area contributed by atoms with Crippen molar-refractivity contribution >= 4 is 11.6 Å². The van der Waals surface area contributed by atoms with E-state index in [-0.39, 0.29) is 46.6 Å². The summed E-state index contributed by atoms with van der Waals surface area (Å²) in [6, 6.07) is 0.401. The van der Waals surface area contributed by atoms with Crippen molar-refractivity contribution in [2.24, 2.45) is 0 Å². The molecule has 2 fully saturated rings. The summed E-state index contributed by atoms with van der Waals surface area (Å²) >= 11 is 0. The molecule has 0 bridgehead atoms. The molecule has 0 saturated heterocycles. The minimum Gasteiger partial charge on any atom is -0.491 e. The monoisotopic (exact) mass is 362 g/mol. The summed E-state index contributed by atoms with van der Waals surface area (Å²) in [6.45, 7) is 0. The highest BCUT2D eigenvalue weighted by Crippen LogP contribution is 2.28. The Morgan fingerprint density at radius 3 is 1.31 bits per heavy atom. The first-order valence-electron chi connectivity index (χ1n) is 9.84. The Balaban J connectivity index is 1.83. The molecule has 0 aromatic rings. The number of nitrogens with one attached hydrogen (secondary N) is 2. The van der Waals surface area contributed by atoms with E-state index in [4.69, 9.17) is 9.47 Å². The van der Waals surface area contributed by atoms with Gasteiger partial charge in [-0.3, -0.25) is 9.59 Å². The molecule has 6 nitrogen and oxygen atoms in total. The second-order valence-corrected chi connectivity index (χ2v) is 7.43. The maximum atomic E-state index is 13.0. The van der Waals surface area contributed by atoms with E-state index in [0.717, 1.165) is 51.4 Å². The van der Waals surface area contributed by atoms with Crippen molar-refractivity contribution in [1.82, 2.24) is 10.6 Å². The molecule has 0 heterocycles. The average Bonchev–Trinajstić information content (AvgIpc) is 2.68. The molecule has 2 N–H and O–H groups in total. The van der Waals surface area contributed by atoms with Crippen molar-refractivity contribution in [3.8, 4) is 0 Å². The topological polar surface area (TPSA) is 76.7 Å². The first-order valence-corrected chi connectivity index (χ1v) is 9.84. The first-order chi connectivity index (χ1) is 12.7. The average molecular weight is 362 g/mol. The highest BCUT2D eigenvalue weighted by molar-refractivity contribution is 6.23. The number of ketones is 2. The van der Waals surface area contributed by atoms with Crippen LogP contribution in [0.1, 0.15) is 64.2 Å². The van der Waals surface area contributed by atoms with Crippen LogP contribution in [-0.4, -0.2) is 37.9 Å². The normalized spacial score (nSPS) is 23.3. The molecule has 26 heavy (non-hydrogen) atoms. The van der Waals surface area contributed by atoms with Gasteiger partial charge in [0.25, 0.3) is 0 Å². The molecular weight excluding hydrogens is 332 g/mol. The fourth-order valence-corrected chi connectivity index (χ4v) is 4.21. The lowest BCUT2D eigenvalue weighted by atomic mass is 9.92. The van der Waals surface area contributed by atoms with Gasteiger partial charge < -0.3 is 20.1 Å². The van der Waals surface area contributed by atoms with Crippen LogP contribution >= 0.6 is 0 Å². The lowest BCUT2D eigenvalue weighted by Crippen LogP contribution is -2.43. The minimum absolute atomic E-state index is 0.0969. The summed E-state index contributed by atoms with van der Waals surface area (Å²) in [6.07, 6.45) is 11.0. The molecule has 0 aromatic carbocycles. The molecular formula is C20H30N2O4. The van der Waals surface area contributed by atoms with Gasteiger partial charge in [0.05, 0.1) is 14.2 Å². The molecule has 3 rings (SSSR count). The lowest BCUT2D eigenvalue weighted by molar-refractivity contribution is -0.121. The molecule has 2 saturated carbocycles.